The van der Waals surface area contributed by atoms with Gasteiger partial charge in [-0.1, -0.05) is 42.5 Å². The van der Waals surface area contributed by atoms with Gasteiger partial charge < -0.3 is 10.1 Å². The van der Waals surface area contributed by atoms with Gasteiger partial charge in [0.2, 0.25) is 0 Å². The first-order valence-electron chi connectivity index (χ1n) is 11.2. The zero-order valence-corrected chi connectivity index (χ0v) is 19.3. The van der Waals surface area contributed by atoms with Crippen LogP contribution in [0.1, 0.15) is 41.4 Å². The van der Waals surface area contributed by atoms with Gasteiger partial charge in [-0.3, -0.25) is 14.7 Å². The Balaban J connectivity index is 1.43. The molecule has 2 amide bonds. The summed E-state index contributed by atoms with van der Waals surface area (Å²) >= 11 is 0. The number of cyclic esters (lactones) is 1. The van der Waals surface area contributed by atoms with E-state index in [1.54, 1.807) is 35.4 Å². The average molecular weight is 452 g/mol. The number of nitrogens with zero attached hydrogens (tertiary/aromatic N) is 2. The van der Waals surface area contributed by atoms with Crippen molar-refractivity contribution >= 4 is 34.3 Å². The highest BCUT2D eigenvalue weighted by molar-refractivity contribution is 6.08. The van der Waals surface area contributed by atoms with Gasteiger partial charge in [0.15, 0.2) is 0 Å². The summed E-state index contributed by atoms with van der Waals surface area (Å²) in [6.07, 6.45) is 1.30. The molecule has 0 saturated carbocycles. The van der Waals surface area contributed by atoms with Crippen molar-refractivity contribution in [3.8, 4) is 0 Å². The van der Waals surface area contributed by atoms with Crippen LogP contribution in [0.3, 0.4) is 0 Å². The van der Waals surface area contributed by atoms with Gasteiger partial charge >= 0.3 is 6.09 Å². The third-order valence-corrected chi connectivity index (χ3v) is 6.24. The van der Waals surface area contributed by atoms with Crippen LogP contribution in [-0.4, -0.2) is 22.6 Å². The fourth-order valence-electron chi connectivity index (χ4n) is 4.58. The lowest BCUT2D eigenvalue weighted by atomic mass is 9.88. The van der Waals surface area contributed by atoms with E-state index in [0.717, 1.165) is 22.0 Å². The van der Waals surface area contributed by atoms with E-state index in [2.05, 4.69) is 10.3 Å². The van der Waals surface area contributed by atoms with Crippen LogP contribution in [0.25, 0.3) is 10.9 Å². The quantitative estimate of drug-likeness (QED) is 0.397. The molecule has 1 N–H and O–H groups in total. The van der Waals surface area contributed by atoms with Crippen LogP contribution >= 0.6 is 0 Å². The third-order valence-electron chi connectivity index (χ3n) is 6.24. The van der Waals surface area contributed by atoms with Crippen LogP contribution in [-0.2, 0) is 4.74 Å². The Hall–Kier alpha value is -4.19. The Morgan fingerprint density at radius 2 is 1.71 bits per heavy atom. The molecule has 6 nitrogen and oxygen atoms in total. The van der Waals surface area contributed by atoms with E-state index in [4.69, 9.17) is 4.74 Å². The number of benzene rings is 3. The van der Waals surface area contributed by atoms with Crippen molar-refractivity contribution in [2.45, 2.75) is 32.4 Å². The van der Waals surface area contributed by atoms with E-state index >= 15 is 0 Å². The summed E-state index contributed by atoms with van der Waals surface area (Å²) in [5.41, 5.74) is 3.95. The molecule has 0 radical (unpaired) electrons. The minimum Gasteiger partial charge on any atom is -0.441 e. The van der Waals surface area contributed by atoms with Gasteiger partial charge in [0.25, 0.3) is 5.91 Å². The number of hydrogen-bond donors (Lipinski definition) is 1. The van der Waals surface area contributed by atoms with Crippen molar-refractivity contribution in [1.29, 1.82) is 0 Å². The lowest BCUT2D eigenvalue weighted by Gasteiger charge is -2.30. The number of carbonyl (C=O) groups is 2. The largest absolute Gasteiger partial charge is 0.441 e. The molecule has 2 heterocycles. The molecule has 6 heteroatoms. The summed E-state index contributed by atoms with van der Waals surface area (Å²) in [4.78, 5) is 31.9. The predicted molar refractivity (Wildman–Crippen MR) is 133 cm³/mol. The van der Waals surface area contributed by atoms with Crippen LogP contribution in [0, 0.1) is 6.92 Å². The number of nitrogens with one attached hydrogen (secondary N) is 1. The standard InChI is InChI=1S/C28H25N3O3/c1-18-8-4-5-11-22(18)25-28(2,3)34-27(33)31(25)21-15-13-20(14-16-21)26(32)30-23-12-6-9-19-10-7-17-29-24(19)23/h4-17,25H,1-3H3,(H,30,32). The number of pyridine rings is 1. The molecular formula is C28H25N3O3. The second-order valence-corrected chi connectivity index (χ2v) is 8.98. The van der Waals surface area contributed by atoms with Gasteiger partial charge in [0, 0.05) is 22.8 Å². The minimum absolute atomic E-state index is 0.246. The lowest BCUT2D eigenvalue weighted by molar-refractivity contribution is 0.0683. The number of aromatic nitrogens is 1. The first kappa shape index (κ1) is 21.6. The van der Waals surface area contributed by atoms with E-state index in [-0.39, 0.29) is 11.9 Å². The lowest BCUT2D eigenvalue weighted by Crippen LogP contribution is -2.34. The Morgan fingerprint density at radius 1 is 0.971 bits per heavy atom. The highest BCUT2D eigenvalue weighted by atomic mass is 16.6. The first-order chi connectivity index (χ1) is 16.3. The molecule has 34 heavy (non-hydrogen) atoms. The summed E-state index contributed by atoms with van der Waals surface area (Å²) in [6.45, 7) is 5.87. The summed E-state index contributed by atoms with van der Waals surface area (Å²) in [7, 11) is 0. The van der Waals surface area contributed by atoms with Gasteiger partial charge in [-0.05, 0) is 68.3 Å². The van der Waals surface area contributed by atoms with E-state index < -0.39 is 11.7 Å². The molecule has 5 rings (SSSR count). The topological polar surface area (TPSA) is 71.5 Å². The zero-order chi connectivity index (χ0) is 23.9. The average Bonchev–Trinajstić information content (AvgIpc) is 3.07. The molecule has 1 unspecified atom stereocenters. The van der Waals surface area contributed by atoms with E-state index in [0.29, 0.717) is 16.9 Å². The van der Waals surface area contributed by atoms with Gasteiger partial charge in [0.1, 0.15) is 11.6 Å². The number of hydrogen-bond acceptors (Lipinski definition) is 4. The number of aryl methyl sites for hydroxylation is 1. The maximum atomic E-state index is 12.9. The number of rotatable bonds is 4. The molecule has 1 atom stereocenters. The molecule has 1 aromatic heterocycles. The first-order valence-corrected chi connectivity index (χ1v) is 11.2. The number of para-hydroxylation sites is 1. The number of fused-ring (bicyclic) bond motifs is 1. The van der Waals surface area contributed by atoms with Gasteiger partial charge in [-0.2, -0.15) is 0 Å². The van der Waals surface area contributed by atoms with Crippen LogP contribution in [0.15, 0.2) is 85.1 Å². The Labute approximate surface area is 198 Å². The van der Waals surface area contributed by atoms with Crippen molar-refractivity contribution in [2.75, 3.05) is 10.2 Å². The Bertz CT molecular complexity index is 1390. The molecule has 0 bridgehead atoms. The van der Waals surface area contributed by atoms with Crippen LogP contribution in [0.2, 0.25) is 0 Å². The molecule has 4 aromatic rings. The fourth-order valence-corrected chi connectivity index (χ4v) is 4.58. The predicted octanol–water partition coefficient (Wildman–Crippen LogP) is 6.27. The van der Waals surface area contributed by atoms with E-state index in [9.17, 15) is 9.59 Å². The van der Waals surface area contributed by atoms with Crippen molar-refractivity contribution in [3.63, 3.8) is 0 Å². The summed E-state index contributed by atoms with van der Waals surface area (Å²) < 4.78 is 5.74. The molecule has 3 aromatic carbocycles. The fraction of sp³-hybridized carbons (Fsp3) is 0.179. The van der Waals surface area contributed by atoms with Crippen LogP contribution in [0.4, 0.5) is 16.2 Å². The summed E-state index contributed by atoms with van der Waals surface area (Å²) in [5, 5.41) is 3.90. The van der Waals surface area contributed by atoms with Gasteiger partial charge in [-0.15, -0.1) is 0 Å². The van der Waals surface area contributed by atoms with E-state index in [1.807, 2.05) is 75.4 Å². The van der Waals surface area contributed by atoms with Crippen LogP contribution in [0.5, 0.6) is 0 Å². The summed E-state index contributed by atoms with van der Waals surface area (Å²) in [6, 6.07) is 24.2. The molecule has 0 aliphatic carbocycles. The summed E-state index contributed by atoms with van der Waals surface area (Å²) in [5.74, 6) is -0.246. The zero-order valence-electron chi connectivity index (χ0n) is 19.3. The van der Waals surface area contributed by atoms with Crippen molar-refractivity contribution in [2.24, 2.45) is 0 Å². The molecular weight excluding hydrogens is 426 g/mol. The van der Waals surface area contributed by atoms with Gasteiger partial charge in [0.05, 0.1) is 11.2 Å². The van der Waals surface area contributed by atoms with Crippen molar-refractivity contribution in [3.05, 3.63) is 102 Å². The monoisotopic (exact) mass is 451 g/mol. The molecule has 170 valence electrons. The second-order valence-electron chi connectivity index (χ2n) is 8.98. The van der Waals surface area contributed by atoms with Crippen molar-refractivity contribution in [1.82, 2.24) is 4.98 Å². The molecule has 1 aliphatic heterocycles. The smallest absolute Gasteiger partial charge is 0.415 e. The van der Waals surface area contributed by atoms with Crippen LogP contribution < -0.4 is 10.2 Å². The SMILES string of the molecule is Cc1ccccc1C1N(c2ccc(C(=O)Nc3cccc4cccnc34)cc2)C(=O)OC1(C)C. The highest BCUT2D eigenvalue weighted by Crippen LogP contribution is 2.44. The number of anilines is 2. The second kappa shape index (κ2) is 8.30. The normalized spacial score (nSPS) is 17.0. The Kier molecular flexibility index (Phi) is 5.28. The molecule has 1 saturated heterocycles. The molecule has 0 spiro atoms. The molecule has 1 fully saturated rings. The Morgan fingerprint density at radius 3 is 2.47 bits per heavy atom. The number of amides is 2. The maximum Gasteiger partial charge on any atom is 0.415 e. The minimum atomic E-state index is -0.708. The van der Waals surface area contributed by atoms with E-state index in [1.165, 1.54) is 0 Å². The van der Waals surface area contributed by atoms with Crippen molar-refractivity contribution < 1.29 is 14.3 Å². The third kappa shape index (κ3) is 3.77. The number of ether oxygens (including phenoxy) is 1. The molecule has 1 aliphatic rings. The highest BCUT2D eigenvalue weighted by Gasteiger charge is 2.49. The maximum absolute atomic E-state index is 12.9. The number of carbonyl (C=O) groups excluding carboxylic acids is 2. The van der Waals surface area contributed by atoms with Gasteiger partial charge in [-0.25, -0.2) is 4.79 Å².